The van der Waals surface area contributed by atoms with Gasteiger partial charge in [0.15, 0.2) is 0 Å². The maximum absolute atomic E-state index is 12.4. The minimum Gasteiger partial charge on any atom is -0.445 e. The zero-order valence-electron chi connectivity index (χ0n) is 7.55. The van der Waals surface area contributed by atoms with Crippen molar-refractivity contribution in [1.29, 1.82) is 0 Å². The summed E-state index contributed by atoms with van der Waals surface area (Å²) < 4.78 is 38.9. The average molecular weight is 198 g/mol. The molecular weight excluding hydrogens is 190 g/mol. The van der Waals surface area contributed by atoms with Gasteiger partial charge in [0.25, 0.3) is 0 Å². The molecule has 1 nitrogen and oxygen atoms in total. The van der Waals surface area contributed by atoms with E-state index in [1.54, 1.807) is 23.9 Å². The number of aromatic nitrogens is 1. The molecule has 0 spiro atoms. The summed E-state index contributed by atoms with van der Waals surface area (Å²) in [5.41, 5.74) is 0.0704. The molecule has 2 rings (SSSR count). The largest absolute Gasteiger partial charge is 0.509 e. The van der Waals surface area contributed by atoms with Crippen molar-refractivity contribution in [3.63, 3.8) is 0 Å². The van der Waals surface area contributed by atoms with E-state index in [0.29, 0.717) is 5.52 Å². The quantitative estimate of drug-likeness (QED) is 0.619. The molecule has 0 radical (unpaired) electrons. The number of aryl methyl sites for hydroxylation is 1. The summed E-state index contributed by atoms with van der Waals surface area (Å²) in [4.78, 5) is 0. The molecular formula is C9H8BF3N-. The first-order valence-electron chi connectivity index (χ1n) is 4.23. The number of hydrogen-bond donors (Lipinski definition) is 0. The molecule has 0 saturated carbocycles. The van der Waals surface area contributed by atoms with Crippen LogP contribution in [-0.4, -0.2) is 11.5 Å². The highest BCUT2D eigenvalue weighted by Gasteiger charge is 2.25. The molecule has 0 saturated heterocycles. The molecule has 0 bridgehead atoms. The molecule has 74 valence electrons. The monoisotopic (exact) mass is 198 g/mol. The number of rotatable bonds is 1. The lowest BCUT2D eigenvalue weighted by molar-refractivity contribution is 0.501. The van der Waals surface area contributed by atoms with Crippen LogP contribution in [0.2, 0.25) is 0 Å². The van der Waals surface area contributed by atoms with Gasteiger partial charge in [-0.05, 0) is 11.5 Å². The molecule has 14 heavy (non-hydrogen) atoms. The number of hydrogen-bond acceptors (Lipinski definition) is 0. The first-order valence-corrected chi connectivity index (χ1v) is 4.23. The molecule has 0 aliphatic carbocycles. The highest BCUT2D eigenvalue weighted by Crippen LogP contribution is 2.16. The lowest BCUT2D eigenvalue weighted by atomic mass is 9.80. The molecule has 0 amide bonds. The number of nitrogens with zero attached hydrogens (tertiary/aromatic N) is 1. The summed E-state index contributed by atoms with van der Waals surface area (Å²) >= 11 is 0. The normalized spacial score (nSPS) is 12.3. The fourth-order valence-corrected chi connectivity index (χ4v) is 1.48. The third-order valence-electron chi connectivity index (χ3n) is 2.29. The maximum Gasteiger partial charge on any atom is 0.509 e. The molecule has 0 aliphatic rings. The highest BCUT2D eigenvalue weighted by atomic mass is 19.4. The van der Waals surface area contributed by atoms with Crippen LogP contribution < -0.4 is 5.46 Å². The molecule has 5 heteroatoms. The molecule has 0 unspecified atom stereocenters. The van der Waals surface area contributed by atoms with E-state index in [4.69, 9.17) is 0 Å². The van der Waals surface area contributed by atoms with E-state index >= 15 is 0 Å². The van der Waals surface area contributed by atoms with Crippen LogP contribution in [0.3, 0.4) is 0 Å². The Balaban J connectivity index is 2.66. The van der Waals surface area contributed by atoms with Crippen molar-refractivity contribution in [2.75, 3.05) is 0 Å². The molecule has 2 aromatic rings. The Kier molecular flexibility index (Phi) is 1.84. The van der Waals surface area contributed by atoms with Gasteiger partial charge < -0.3 is 17.5 Å². The maximum atomic E-state index is 12.4. The van der Waals surface area contributed by atoms with Crippen molar-refractivity contribution in [2.24, 2.45) is 7.05 Å². The lowest BCUT2D eigenvalue weighted by Crippen LogP contribution is -2.33. The van der Waals surface area contributed by atoms with Gasteiger partial charge in [0.05, 0.1) is 0 Å². The standard InChI is InChI=1S/C9H8BF3N/c1-14-5-4-7-2-3-8(6-9(7)14)10(11,12)13/h2-6H,1H3/q-1. The second-order valence-electron chi connectivity index (χ2n) is 3.32. The molecule has 0 atom stereocenters. The summed E-state index contributed by atoms with van der Waals surface area (Å²) in [5.74, 6) is 0. The third kappa shape index (κ3) is 1.39. The Hall–Kier alpha value is -1.39. The van der Waals surface area contributed by atoms with Gasteiger partial charge in [-0.1, -0.05) is 18.2 Å². The van der Waals surface area contributed by atoms with Crippen LogP contribution in [0.4, 0.5) is 12.9 Å². The topological polar surface area (TPSA) is 4.93 Å². The van der Waals surface area contributed by atoms with E-state index in [1.807, 2.05) is 0 Å². The van der Waals surface area contributed by atoms with Crippen molar-refractivity contribution in [2.45, 2.75) is 0 Å². The van der Waals surface area contributed by atoms with Gasteiger partial charge in [-0.15, -0.1) is 5.46 Å². The molecule has 0 fully saturated rings. The average Bonchev–Trinajstić information content (AvgIpc) is 2.46. The zero-order chi connectivity index (χ0) is 10.3. The Labute approximate surface area is 79.2 Å². The summed E-state index contributed by atoms with van der Waals surface area (Å²) in [6, 6.07) is 5.61. The van der Waals surface area contributed by atoms with Gasteiger partial charge >= 0.3 is 6.98 Å². The van der Waals surface area contributed by atoms with E-state index in [-0.39, 0.29) is 0 Å². The fraction of sp³-hybridized carbons (Fsp3) is 0.111. The van der Waals surface area contributed by atoms with Crippen molar-refractivity contribution < 1.29 is 12.9 Å². The van der Waals surface area contributed by atoms with Crippen LogP contribution in [0.5, 0.6) is 0 Å². The van der Waals surface area contributed by atoms with Crippen LogP contribution in [0, 0.1) is 0 Å². The fourth-order valence-electron chi connectivity index (χ4n) is 1.48. The van der Waals surface area contributed by atoms with Gasteiger partial charge in [-0.25, -0.2) is 0 Å². The van der Waals surface area contributed by atoms with Crippen LogP contribution >= 0.6 is 0 Å². The van der Waals surface area contributed by atoms with E-state index in [1.165, 1.54) is 12.1 Å². The molecule has 0 aliphatic heterocycles. The Morgan fingerprint density at radius 1 is 1.14 bits per heavy atom. The SMILES string of the molecule is Cn1ccc2ccc([B-](F)(F)F)cc21. The highest BCUT2D eigenvalue weighted by molar-refractivity contribution is 6.73. The lowest BCUT2D eigenvalue weighted by Gasteiger charge is -2.14. The second-order valence-corrected chi connectivity index (χ2v) is 3.32. The molecule has 1 heterocycles. The third-order valence-corrected chi connectivity index (χ3v) is 2.29. The Bertz CT molecular complexity index is 472. The van der Waals surface area contributed by atoms with Gasteiger partial charge in [0.2, 0.25) is 0 Å². The minimum absolute atomic E-state index is 0.542. The van der Waals surface area contributed by atoms with Crippen molar-refractivity contribution in [3.05, 3.63) is 30.5 Å². The summed E-state index contributed by atoms with van der Waals surface area (Å²) in [6.07, 6.45) is 1.75. The van der Waals surface area contributed by atoms with Gasteiger partial charge in [-0.3, -0.25) is 0 Å². The van der Waals surface area contributed by atoms with Crippen LogP contribution in [0.15, 0.2) is 30.5 Å². The molecule has 0 N–H and O–H groups in total. The van der Waals surface area contributed by atoms with Gasteiger partial charge in [0.1, 0.15) is 0 Å². The van der Waals surface area contributed by atoms with Crippen LogP contribution in [0.1, 0.15) is 0 Å². The summed E-state index contributed by atoms with van der Waals surface area (Å²) in [5, 5.41) is 0.830. The predicted octanol–water partition coefficient (Wildman–Crippen LogP) is 2.23. The van der Waals surface area contributed by atoms with E-state index in [9.17, 15) is 12.9 Å². The predicted molar refractivity (Wildman–Crippen MR) is 51.6 cm³/mol. The molecule has 1 aromatic carbocycles. The number of fused-ring (bicyclic) bond motifs is 1. The first-order chi connectivity index (χ1) is 6.48. The zero-order valence-corrected chi connectivity index (χ0v) is 7.55. The van der Waals surface area contributed by atoms with E-state index in [2.05, 4.69) is 0 Å². The van der Waals surface area contributed by atoms with Crippen molar-refractivity contribution in [1.82, 2.24) is 4.57 Å². The van der Waals surface area contributed by atoms with Crippen molar-refractivity contribution >= 4 is 23.3 Å². The first kappa shape index (κ1) is 9.18. The van der Waals surface area contributed by atoms with E-state index in [0.717, 1.165) is 11.5 Å². The Morgan fingerprint density at radius 3 is 2.50 bits per heavy atom. The van der Waals surface area contributed by atoms with Crippen LogP contribution in [-0.2, 0) is 7.05 Å². The number of halogens is 3. The van der Waals surface area contributed by atoms with Gasteiger partial charge in [0, 0.05) is 18.8 Å². The van der Waals surface area contributed by atoms with Gasteiger partial charge in [-0.2, -0.15) is 0 Å². The second kappa shape index (κ2) is 2.80. The number of benzene rings is 1. The Morgan fingerprint density at radius 2 is 1.86 bits per heavy atom. The molecule has 1 aromatic heterocycles. The smallest absolute Gasteiger partial charge is 0.445 e. The summed E-state index contributed by atoms with van der Waals surface area (Å²) in [7, 11) is 1.73. The van der Waals surface area contributed by atoms with Crippen molar-refractivity contribution in [3.8, 4) is 0 Å². The van der Waals surface area contributed by atoms with E-state index < -0.39 is 12.4 Å². The minimum atomic E-state index is -4.89. The summed E-state index contributed by atoms with van der Waals surface area (Å²) in [6.45, 7) is -4.89. The van der Waals surface area contributed by atoms with Crippen LogP contribution in [0.25, 0.3) is 10.9 Å².